The van der Waals surface area contributed by atoms with Crippen LogP contribution in [-0.4, -0.2) is 57.1 Å². The zero-order valence-corrected chi connectivity index (χ0v) is 17.7. The van der Waals surface area contributed by atoms with Crippen LogP contribution >= 0.6 is 0 Å². The topological polar surface area (TPSA) is 106 Å². The summed E-state index contributed by atoms with van der Waals surface area (Å²) < 4.78 is 33.6. The third-order valence-corrected chi connectivity index (χ3v) is 6.08. The number of hydrogen-bond acceptors (Lipinski definition) is 6. The molecule has 2 heterocycles. The van der Waals surface area contributed by atoms with Gasteiger partial charge in [0.05, 0.1) is 17.8 Å². The monoisotopic (exact) mass is 434 g/mol. The van der Waals surface area contributed by atoms with E-state index in [4.69, 9.17) is 9.15 Å². The molecule has 0 saturated carbocycles. The van der Waals surface area contributed by atoms with Gasteiger partial charge >= 0.3 is 0 Å². The predicted octanol–water partition coefficient (Wildman–Crippen LogP) is 2.26. The van der Waals surface area contributed by atoms with E-state index >= 15 is 0 Å². The summed E-state index contributed by atoms with van der Waals surface area (Å²) in [6, 6.07) is 9.61. The molecule has 1 aliphatic heterocycles. The Morgan fingerprint density at radius 1 is 1.17 bits per heavy atom. The molecule has 1 saturated heterocycles. The second kappa shape index (κ2) is 9.80. The van der Waals surface area contributed by atoms with Crippen LogP contribution in [0, 0.1) is 0 Å². The molecule has 9 heteroatoms. The van der Waals surface area contributed by atoms with Gasteiger partial charge < -0.3 is 19.4 Å². The van der Waals surface area contributed by atoms with Gasteiger partial charge in [-0.3, -0.25) is 9.59 Å². The normalized spacial score (nSPS) is 15.0. The lowest BCUT2D eigenvalue weighted by molar-refractivity contribution is -0.122. The maximum Gasteiger partial charge on any atom is 0.289 e. The second-order valence-electron chi connectivity index (χ2n) is 7.31. The van der Waals surface area contributed by atoms with Crippen LogP contribution in [0.4, 0.5) is 0 Å². The summed E-state index contributed by atoms with van der Waals surface area (Å²) in [5.74, 6) is 0.744. The van der Waals surface area contributed by atoms with Crippen molar-refractivity contribution in [3.05, 3.63) is 48.4 Å². The Morgan fingerprint density at radius 2 is 1.87 bits per heavy atom. The fourth-order valence-electron chi connectivity index (χ4n) is 3.29. The number of hydrogen-bond donors (Lipinski definition) is 1. The molecule has 1 fully saturated rings. The molecule has 8 nitrogen and oxygen atoms in total. The average Bonchev–Trinajstić information content (AvgIpc) is 3.26. The molecular weight excluding hydrogens is 408 g/mol. The Kier molecular flexibility index (Phi) is 7.15. The summed E-state index contributed by atoms with van der Waals surface area (Å²) in [5, 5.41) is 3.01. The highest BCUT2D eigenvalue weighted by Crippen LogP contribution is 2.17. The van der Waals surface area contributed by atoms with Crippen molar-refractivity contribution in [3.63, 3.8) is 0 Å². The van der Waals surface area contributed by atoms with E-state index in [0.717, 1.165) is 6.26 Å². The zero-order valence-electron chi connectivity index (χ0n) is 16.9. The Bertz CT molecular complexity index is 946. The van der Waals surface area contributed by atoms with Gasteiger partial charge in [-0.2, -0.15) is 0 Å². The molecule has 0 unspecified atom stereocenters. The number of amides is 2. The van der Waals surface area contributed by atoms with Crippen LogP contribution in [-0.2, 0) is 14.6 Å². The van der Waals surface area contributed by atoms with E-state index in [9.17, 15) is 18.0 Å². The molecule has 0 bridgehead atoms. The van der Waals surface area contributed by atoms with Gasteiger partial charge in [0.15, 0.2) is 15.6 Å². The van der Waals surface area contributed by atoms with E-state index in [2.05, 4.69) is 5.32 Å². The lowest BCUT2D eigenvalue weighted by atomic mass is 10.0. The average molecular weight is 435 g/mol. The Morgan fingerprint density at radius 3 is 2.47 bits per heavy atom. The van der Waals surface area contributed by atoms with Gasteiger partial charge in [0, 0.05) is 31.8 Å². The minimum absolute atomic E-state index is 0.0400. The Labute approximate surface area is 176 Å². The highest BCUT2D eigenvalue weighted by molar-refractivity contribution is 7.90. The first kappa shape index (κ1) is 21.9. The lowest BCUT2D eigenvalue weighted by Gasteiger charge is -2.31. The van der Waals surface area contributed by atoms with Gasteiger partial charge in [0.1, 0.15) is 5.75 Å². The molecule has 30 heavy (non-hydrogen) atoms. The number of nitrogens with zero attached hydrogens (tertiary/aromatic N) is 1. The first-order valence-corrected chi connectivity index (χ1v) is 11.8. The number of rotatable bonds is 8. The van der Waals surface area contributed by atoms with Gasteiger partial charge in [-0.1, -0.05) is 0 Å². The number of ether oxygens (including phenoxy) is 1. The van der Waals surface area contributed by atoms with Crippen molar-refractivity contribution in [2.75, 3.05) is 26.0 Å². The number of nitrogens with one attached hydrogen (secondary N) is 1. The van der Waals surface area contributed by atoms with Crippen LogP contribution in [0.15, 0.2) is 52.0 Å². The molecule has 0 spiro atoms. The van der Waals surface area contributed by atoms with Crippen molar-refractivity contribution in [1.29, 1.82) is 0 Å². The number of benzene rings is 1. The lowest BCUT2D eigenvalue weighted by Crippen LogP contribution is -2.46. The maximum absolute atomic E-state index is 12.2. The molecule has 162 valence electrons. The summed E-state index contributed by atoms with van der Waals surface area (Å²) in [7, 11) is -3.22. The van der Waals surface area contributed by atoms with Crippen molar-refractivity contribution in [1.82, 2.24) is 10.2 Å². The number of piperidine rings is 1. The number of sulfone groups is 1. The van der Waals surface area contributed by atoms with Gasteiger partial charge in [0.25, 0.3) is 5.91 Å². The van der Waals surface area contributed by atoms with Crippen LogP contribution in [0.25, 0.3) is 0 Å². The fraction of sp³-hybridized carbons (Fsp3) is 0.429. The van der Waals surface area contributed by atoms with Crippen LogP contribution < -0.4 is 10.1 Å². The van der Waals surface area contributed by atoms with E-state index in [1.54, 1.807) is 29.2 Å². The summed E-state index contributed by atoms with van der Waals surface area (Å²) in [6.45, 7) is 1.52. The van der Waals surface area contributed by atoms with E-state index in [1.165, 1.54) is 18.4 Å². The zero-order chi connectivity index (χ0) is 21.6. The summed E-state index contributed by atoms with van der Waals surface area (Å²) in [6.07, 6.45) is 4.95. The number of likely N-dealkylation sites (tertiary alicyclic amines) is 1. The molecule has 0 radical (unpaired) electrons. The van der Waals surface area contributed by atoms with Crippen molar-refractivity contribution in [2.24, 2.45) is 0 Å². The summed E-state index contributed by atoms with van der Waals surface area (Å²) in [5.41, 5.74) is 0. The minimum atomic E-state index is -3.22. The quantitative estimate of drug-likeness (QED) is 0.639. The SMILES string of the molecule is CS(=O)(=O)c1ccc(OCCCC(=O)NC2CCN(C(=O)c3ccco3)CC2)cc1. The van der Waals surface area contributed by atoms with E-state index < -0.39 is 9.84 Å². The highest BCUT2D eigenvalue weighted by atomic mass is 32.2. The number of carbonyl (C=O) groups excluding carboxylic acids is 2. The molecule has 1 N–H and O–H groups in total. The third-order valence-electron chi connectivity index (χ3n) is 4.95. The van der Waals surface area contributed by atoms with E-state index in [-0.39, 0.29) is 22.8 Å². The van der Waals surface area contributed by atoms with Gasteiger partial charge in [-0.05, 0) is 55.7 Å². The first-order valence-electron chi connectivity index (χ1n) is 9.88. The first-order chi connectivity index (χ1) is 14.3. The van der Waals surface area contributed by atoms with Crippen molar-refractivity contribution in [3.8, 4) is 5.75 Å². The van der Waals surface area contributed by atoms with Gasteiger partial charge in [0.2, 0.25) is 5.91 Å². The summed E-state index contributed by atoms with van der Waals surface area (Å²) >= 11 is 0. The van der Waals surface area contributed by atoms with Crippen LogP contribution in [0.2, 0.25) is 0 Å². The standard InChI is InChI=1S/C21H26N2O6S/c1-30(26,27)18-8-6-17(7-9-18)28-14-3-5-20(24)22-16-10-12-23(13-11-16)21(25)19-4-2-15-29-19/h2,4,6-9,15-16H,3,5,10-14H2,1H3,(H,22,24). The maximum atomic E-state index is 12.2. The van der Waals surface area contributed by atoms with Crippen molar-refractivity contribution < 1.29 is 27.2 Å². The highest BCUT2D eigenvalue weighted by Gasteiger charge is 2.25. The molecule has 3 rings (SSSR count). The molecule has 2 aromatic rings. The molecule has 0 atom stereocenters. The molecule has 1 aromatic heterocycles. The number of carbonyl (C=O) groups is 2. The molecular formula is C21H26N2O6S. The van der Waals surface area contributed by atoms with E-state index in [0.29, 0.717) is 56.9 Å². The summed E-state index contributed by atoms with van der Waals surface area (Å²) in [4.78, 5) is 26.4. The Hall–Kier alpha value is -2.81. The van der Waals surface area contributed by atoms with Crippen LogP contribution in [0.5, 0.6) is 5.75 Å². The van der Waals surface area contributed by atoms with Crippen molar-refractivity contribution >= 4 is 21.7 Å². The largest absolute Gasteiger partial charge is 0.494 e. The number of furan rings is 1. The van der Waals surface area contributed by atoms with Gasteiger partial charge in [-0.15, -0.1) is 0 Å². The minimum Gasteiger partial charge on any atom is -0.494 e. The van der Waals surface area contributed by atoms with Crippen molar-refractivity contribution in [2.45, 2.75) is 36.6 Å². The fourth-order valence-corrected chi connectivity index (χ4v) is 3.92. The van der Waals surface area contributed by atoms with Crippen LogP contribution in [0.1, 0.15) is 36.2 Å². The molecule has 2 amide bonds. The Balaban J connectivity index is 1.32. The molecule has 1 aromatic carbocycles. The second-order valence-corrected chi connectivity index (χ2v) is 9.32. The molecule has 1 aliphatic rings. The third kappa shape index (κ3) is 6.09. The smallest absolute Gasteiger partial charge is 0.289 e. The predicted molar refractivity (Wildman–Crippen MR) is 110 cm³/mol. The molecule has 0 aliphatic carbocycles. The van der Waals surface area contributed by atoms with Gasteiger partial charge in [-0.25, -0.2) is 8.42 Å². The van der Waals surface area contributed by atoms with E-state index in [1.807, 2.05) is 0 Å². The van der Waals surface area contributed by atoms with Crippen LogP contribution in [0.3, 0.4) is 0 Å².